The molecule has 3 rings (SSSR count). The van der Waals surface area contributed by atoms with E-state index >= 15 is 0 Å². The van der Waals surface area contributed by atoms with Crippen molar-refractivity contribution in [1.29, 1.82) is 0 Å². The van der Waals surface area contributed by atoms with E-state index in [1.807, 2.05) is 6.92 Å². The summed E-state index contributed by atoms with van der Waals surface area (Å²) < 4.78 is 44.2. The summed E-state index contributed by atoms with van der Waals surface area (Å²) in [4.78, 5) is 4.17. The second-order valence-electron chi connectivity index (χ2n) is 5.14. The molecule has 1 aromatic heterocycles. The molecule has 0 bridgehead atoms. The maximum atomic E-state index is 13.0. The highest BCUT2D eigenvalue weighted by Crippen LogP contribution is 2.36. The van der Waals surface area contributed by atoms with Gasteiger partial charge in [0.25, 0.3) is 0 Å². The molecule has 2 atom stereocenters. The summed E-state index contributed by atoms with van der Waals surface area (Å²) in [5, 5.41) is 6.97. The lowest BCUT2D eigenvalue weighted by molar-refractivity contribution is -0.137. The lowest BCUT2D eigenvalue weighted by atomic mass is 10.0. The standard InChI is InChI=1S/C14H14F3N3O/c1-8-9(6-7-18-8)13-19-12(20-21-13)10-4-2-3-5-11(10)14(15,16)17/h2-5,8-9,18H,6-7H2,1H3. The van der Waals surface area contributed by atoms with Gasteiger partial charge in [-0.15, -0.1) is 0 Å². The third kappa shape index (κ3) is 2.65. The fraction of sp³-hybridized carbons (Fsp3) is 0.429. The van der Waals surface area contributed by atoms with Crippen LogP contribution in [0.1, 0.15) is 30.7 Å². The van der Waals surface area contributed by atoms with E-state index in [2.05, 4.69) is 15.5 Å². The summed E-state index contributed by atoms with van der Waals surface area (Å²) >= 11 is 0. The molecule has 1 saturated heterocycles. The third-order valence-electron chi connectivity index (χ3n) is 3.76. The summed E-state index contributed by atoms with van der Waals surface area (Å²) in [5.41, 5.74) is -0.812. The fourth-order valence-electron chi connectivity index (χ4n) is 2.62. The van der Waals surface area contributed by atoms with E-state index in [1.54, 1.807) is 0 Å². The van der Waals surface area contributed by atoms with E-state index in [4.69, 9.17) is 4.52 Å². The van der Waals surface area contributed by atoms with Crippen LogP contribution in [0.25, 0.3) is 11.4 Å². The van der Waals surface area contributed by atoms with Crippen molar-refractivity contribution in [2.75, 3.05) is 6.54 Å². The van der Waals surface area contributed by atoms with Gasteiger partial charge in [0.1, 0.15) is 0 Å². The molecule has 21 heavy (non-hydrogen) atoms. The van der Waals surface area contributed by atoms with Crippen LogP contribution in [0, 0.1) is 0 Å². The van der Waals surface area contributed by atoms with E-state index in [-0.39, 0.29) is 23.3 Å². The van der Waals surface area contributed by atoms with Crippen molar-refractivity contribution >= 4 is 0 Å². The van der Waals surface area contributed by atoms with Crippen molar-refractivity contribution < 1.29 is 17.7 Å². The Bertz CT molecular complexity index is 638. The molecule has 2 unspecified atom stereocenters. The topological polar surface area (TPSA) is 51.0 Å². The molecule has 2 heterocycles. The lowest BCUT2D eigenvalue weighted by Crippen LogP contribution is -2.21. The van der Waals surface area contributed by atoms with Crippen LogP contribution in [-0.4, -0.2) is 22.7 Å². The average Bonchev–Trinajstić information content (AvgIpc) is 3.06. The molecular formula is C14H14F3N3O. The van der Waals surface area contributed by atoms with Gasteiger partial charge in [-0.2, -0.15) is 18.2 Å². The number of nitrogens with zero attached hydrogens (tertiary/aromatic N) is 2. The highest BCUT2D eigenvalue weighted by atomic mass is 19.4. The first-order valence-electron chi connectivity index (χ1n) is 6.70. The Morgan fingerprint density at radius 2 is 2.05 bits per heavy atom. The fourth-order valence-corrected chi connectivity index (χ4v) is 2.62. The van der Waals surface area contributed by atoms with Gasteiger partial charge in [-0.3, -0.25) is 0 Å². The van der Waals surface area contributed by atoms with E-state index < -0.39 is 11.7 Å². The molecule has 0 radical (unpaired) electrons. The highest BCUT2D eigenvalue weighted by Gasteiger charge is 2.35. The third-order valence-corrected chi connectivity index (χ3v) is 3.76. The summed E-state index contributed by atoms with van der Waals surface area (Å²) in [7, 11) is 0. The van der Waals surface area contributed by atoms with Gasteiger partial charge in [0.05, 0.1) is 11.5 Å². The molecule has 1 fully saturated rings. The number of alkyl halides is 3. The van der Waals surface area contributed by atoms with Gasteiger partial charge < -0.3 is 9.84 Å². The van der Waals surface area contributed by atoms with Crippen molar-refractivity contribution in [2.45, 2.75) is 31.5 Å². The molecule has 4 nitrogen and oxygen atoms in total. The number of halogens is 3. The van der Waals surface area contributed by atoms with Gasteiger partial charge in [-0.05, 0) is 26.0 Å². The maximum absolute atomic E-state index is 13.0. The molecule has 1 aliphatic heterocycles. The van der Waals surface area contributed by atoms with E-state index in [9.17, 15) is 13.2 Å². The normalized spacial score (nSPS) is 22.7. The van der Waals surface area contributed by atoms with Gasteiger partial charge in [-0.1, -0.05) is 23.4 Å². The van der Waals surface area contributed by atoms with Crippen molar-refractivity contribution in [3.8, 4) is 11.4 Å². The number of aromatic nitrogens is 2. The smallest absolute Gasteiger partial charge is 0.339 e. The molecule has 0 spiro atoms. The largest absolute Gasteiger partial charge is 0.417 e. The van der Waals surface area contributed by atoms with Gasteiger partial charge in [0.15, 0.2) is 0 Å². The lowest BCUT2D eigenvalue weighted by Gasteiger charge is -2.10. The average molecular weight is 297 g/mol. The summed E-state index contributed by atoms with van der Waals surface area (Å²) in [6.45, 7) is 2.83. The second-order valence-corrected chi connectivity index (χ2v) is 5.14. The summed E-state index contributed by atoms with van der Waals surface area (Å²) in [5.74, 6) is 0.417. The molecule has 1 aliphatic rings. The molecule has 112 valence electrons. The minimum atomic E-state index is -4.44. The minimum Gasteiger partial charge on any atom is -0.339 e. The van der Waals surface area contributed by atoms with Crippen LogP contribution in [0.15, 0.2) is 28.8 Å². The Labute approximate surface area is 119 Å². The Balaban J connectivity index is 1.97. The Morgan fingerprint density at radius 3 is 2.71 bits per heavy atom. The van der Waals surface area contributed by atoms with Crippen molar-refractivity contribution in [1.82, 2.24) is 15.5 Å². The van der Waals surface area contributed by atoms with Gasteiger partial charge in [0, 0.05) is 11.6 Å². The first-order valence-corrected chi connectivity index (χ1v) is 6.70. The Morgan fingerprint density at radius 1 is 1.29 bits per heavy atom. The zero-order valence-corrected chi connectivity index (χ0v) is 11.3. The number of hydrogen-bond donors (Lipinski definition) is 1. The van der Waals surface area contributed by atoms with Crippen molar-refractivity contribution in [2.24, 2.45) is 0 Å². The number of nitrogens with one attached hydrogen (secondary N) is 1. The second kappa shape index (κ2) is 5.14. The Hall–Kier alpha value is -1.89. The van der Waals surface area contributed by atoms with Gasteiger partial charge in [0.2, 0.25) is 11.7 Å². The predicted molar refractivity (Wildman–Crippen MR) is 69.6 cm³/mol. The molecule has 0 saturated carbocycles. The van der Waals surface area contributed by atoms with Gasteiger partial charge in [-0.25, -0.2) is 0 Å². The van der Waals surface area contributed by atoms with Crippen LogP contribution in [0.5, 0.6) is 0 Å². The van der Waals surface area contributed by atoms with Crippen molar-refractivity contribution in [3.05, 3.63) is 35.7 Å². The highest BCUT2D eigenvalue weighted by molar-refractivity contribution is 5.60. The van der Waals surface area contributed by atoms with Crippen LogP contribution < -0.4 is 5.32 Å². The van der Waals surface area contributed by atoms with Gasteiger partial charge >= 0.3 is 6.18 Å². The molecule has 1 N–H and O–H groups in total. The van der Waals surface area contributed by atoms with E-state index in [1.165, 1.54) is 18.2 Å². The van der Waals surface area contributed by atoms with Crippen LogP contribution in [0.2, 0.25) is 0 Å². The maximum Gasteiger partial charge on any atom is 0.417 e. The molecule has 2 aromatic rings. The molecule has 7 heteroatoms. The van der Waals surface area contributed by atoms with E-state index in [0.29, 0.717) is 5.89 Å². The van der Waals surface area contributed by atoms with Crippen LogP contribution in [0.3, 0.4) is 0 Å². The zero-order valence-electron chi connectivity index (χ0n) is 11.3. The zero-order chi connectivity index (χ0) is 15.0. The van der Waals surface area contributed by atoms with E-state index in [0.717, 1.165) is 19.0 Å². The van der Waals surface area contributed by atoms with Crippen LogP contribution in [0.4, 0.5) is 13.2 Å². The number of benzene rings is 1. The molecule has 0 aliphatic carbocycles. The predicted octanol–water partition coefficient (Wildman–Crippen LogP) is 3.22. The molecule has 1 aromatic carbocycles. The first kappa shape index (κ1) is 14.1. The van der Waals surface area contributed by atoms with Crippen LogP contribution in [-0.2, 0) is 6.18 Å². The first-order chi connectivity index (χ1) is 9.97. The molecule has 0 amide bonds. The summed E-state index contributed by atoms with van der Waals surface area (Å²) in [6, 6.07) is 5.42. The Kier molecular flexibility index (Phi) is 3.44. The monoisotopic (exact) mass is 297 g/mol. The quantitative estimate of drug-likeness (QED) is 0.924. The number of rotatable bonds is 2. The minimum absolute atomic E-state index is 0.0166. The molecular weight excluding hydrogens is 283 g/mol. The van der Waals surface area contributed by atoms with Crippen LogP contribution >= 0.6 is 0 Å². The SMILES string of the molecule is CC1NCCC1c1nc(-c2ccccc2C(F)(F)F)no1. The van der Waals surface area contributed by atoms with Crippen molar-refractivity contribution in [3.63, 3.8) is 0 Å². The summed E-state index contributed by atoms with van der Waals surface area (Å²) in [6.07, 6.45) is -3.61. The number of hydrogen-bond acceptors (Lipinski definition) is 4.